The third-order valence-electron chi connectivity index (χ3n) is 4.82. The monoisotopic (exact) mass is 426 g/mol. The summed E-state index contributed by atoms with van der Waals surface area (Å²) in [5.41, 5.74) is 3.46. The lowest BCUT2D eigenvalue weighted by atomic mass is 10.2. The van der Waals surface area contributed by atoms with Crippen LogP contribution in [0.25, 0.3) is 11.7 Å². The van der Waals surface area contributed by atoms with E-state index in [9.17, 15) is 13.2 Å². The second-order valence-corrected chi connectivity index (χ2v) is 8.80. The lowest BCUT2D eigenvalue weighted by Gasteiger charge is -2.18. The molecule has 3 rings (SSSR count). The first-order valence-corrected chi connectivity index (χ1v) is 11.3. The van der Waals surface area contributed by atoms with E-state index in [4.69, 9.17) is 0 Å². The number of hydrogen-bond acceptors (Lipinski definition) is 4. The van der Waals surface area contributed by atoms with Gasteiger partial charge in [-0.05, 0) is 42.3 Å². The first-order valence-electron chi connectivity index (χ1n) is 9.84. The van der Waals surface area contributed by atoms with E-state index in [1.807, 2.05) is 49.7 Å². The maximum atomic E-state index is 12.5. The zero-order valence-corrected chi connectivity index (χ0v) is 18.2. The fourth-order valence-electron chi connectivity index (χ4n) is 3.16. The van der Waals surface area contributed by atoms with E-state index in [1.54, 1.807) is 30.3 Å². The molecule has 1 N–H and O–H groups in total. The minimum atomic E-state index is -3.48. The number of nitrogens with zero attached hydrogens (tertiary/aromatic N) is 3. The predicted molar refractivity (Wildman–Crippen MR) is 117 cm³/mol. The van der Waals surface area contributed by atoms with Gasteiger partial charge in [0.15, 0.2) is 0 Å². The number of benzene rings is 1. The number of aromatic nitrogens is 2. The van der Waals surface area contributed by atoms with Crippen molar-refractivity contribution in [3.05, 3.63) is 71.7 Å². The molecule has 3 aromatic rings. The molecule has 2 aromatic heterocycles. The van der Waals surface area contributed by atoms with Crippen LogP contribution in [0.2, 0.25) is 0 Å². The highest BCUT2D eigenvalue weighted by Crippen LogP contribution is 2.17. The second-order valence-electron chi connectivity index (χ2n) is 6.86. The molecule has 0 saturated heterocycles. The summed E-state index contributed by atoms with van der Waals surface area (Å²) >= 11 is 0. The number of carbonyl (C=O) groups is 1. The zero-order chi connectivity index (χ0) is 21.7. The van der Waals surface area contributed by atoms with E-state index in [-0.39, 0.29) is 10.8 Å². The van der Waals surface area contributed by atoms with Gasteiger partial charge in [-0.1, -0.05) is 32.0 Å². The van der Waals surface area contributed by atoms with Crippen LogP contribution < -0.4 is 5.32 Å². The van der Waals surface area contributed by atoms with Gasteiger partial charge in [0.1, 0.15) is 5.65 Å². The first-order chi connectivity index (χ1) is 14.3. The van der Waals surface area contributed by atoms with Crippen LogP contribution in [0.1, 0.15) is 30.7 Å². The molecule has 0 fully saturated rings. The van der Waals surface area contributed by atoms with Gasteiger partial charge in [0.05, 0.1) is 17.1 Å². The molecule has 0 saturated carbocycles. The van der Waals surface area contributed by atoms with Gasteiger partial charge in [-0.25, -0.2) is 13.4 Å². The fraction of sp³-hybridized carbons (Fsp3) is 0.273. The number of fused-ring (bicyclic) bond motifs is 1. The largest absolute Gasteiger partial charge is 0.347 e. The summed E-state index contributed by atoms with van der Waals surface area (Å²) in [5.74, 6) is -0.247. The minimum Gasteiger partial charge on any atom is -0.347 e. The Labute approximate surface area is 177 Å². The third-order valence-corrected chi connectivity index (χ3v) is 6.89. The van der Waals surface area contributed by atoms with E-state index >= 15 is 0 Å². The van der Waals surface area contributed by atoms with Crippen LogP contribution in [-0.4, -0.2) is 41.1 Å². The Bertz CT molecular complexity index is 1160. The van der Waals surface area contributed by atoms with Crippen molar-refractivity contribution in [2.24, 2.45) is 0 Å². The van der Waals surface area contributed by atoms with Gasteiger partial charge in [-0.2, -0.15) is 4.31 Å². The summed E-state index contributed by atoms with van der Waals surface area (Å²) in [6, 6.07) is 10.4. The van der Waals surface area contributed by atoms with Crippen molar-refractivity contribution >= 4 is 27.7 Å². The SMILES string of the molecule is CCN(CC)S(=O)(=O)c1ccc(C=CC(=O)NCc2cn3cccc(C)c3n2)cc1. The summed E-state index contributed by atoms with van der Waals surface area (Å²) in [6.45, 7) is 6.78. The van der Waals surface area contributed by atoms with Crippen molar-refractivity contribution in [1.29, 1.82) is 0 Å². The Morgan fingerprint density at radius 1 is 1.17 bits per heavy atom. The van der Waals surface area contributed by atoms with Crippen LogP contribution in [0.5, 0.6) is 0 Å². The Morgan fingerprint density at radius 3 is 2.50 bits per heavy atom. The highest BCUT2D eigenvalue weighted by atomic mass is 32.2. The van der Waals surface area contributed by atoms with Gasteiger partial charge < -0.3 is 9.72 Å². The number of amides is 1. The number of hydrogen-bond donors (Lipinski definition) is 1. The molecule has 0 bridgehead atoms. The smallest absolute Gasteiger partial charge is 0.244 e. The fourth-order valence-corrected chi connectivity index (χ4v) is 4.62. The summed E-state index contributed by atoms with van der Waals surface area (Å²) in [5, 5.41) is 2.81. The quantitative estimate of drug-likeness (QED) is 0.561. The van der Waals surface area contributed by atoms with Crippen molar-refractivity contribution < 1.29 is 13.2 Å². The number of pyridine rings is 1. The van der Waals surface area contributed by atoms with Crippen molar-refractivity contribution in [1.82, 2.24) is 19.0 Å². The molecule has 1 amide bonds. The Morgan fingerprint density at radius 2 is 1.87 bits per heavy atom. The molecule has 0 atom stereocenters. The van der Waals surface area contributed by atoms with E-state index in [2.05, 4.69) is 10.3 Å². The first kappa shape index (κ1) is 21.7. The number of rotatable bonds is 8. The lowest BCUT2D eigenvalue weighted by Crippen LogP contribution is -2.30. The molecule has 7 nitrogen and oxygen atoms in total. The molecule has 2 heterocycles. The minimum absolute atomic E-state index is 0.245. The average molecular weight is 427 g/mol. The molecule has 158 valence electrons. The molecule has 0 aliphatic rings. The lowest BCUT2D eigenvalue weighted by molar-refractivity contribution is -0.116. The summed E-state index contributed by atoms with van der Waals surface area (Å²) in [7, 11) is -3.48. The van der Waals surface area contributed by atoms with Crippen molar-refractivity contribution in [3.8, 4) is 0 Å². The highest BCUT2D eigenvalue weighted by Gasteiger charge is 2.20. The predicted octanol–water partition coefficient (Wildman–Crippen LogP) is 3.00. The van der Waals surface area contributed by atoms with E-state index < -0.39 is 10.0 Å². The molecular formula is C22H26N4O3S. The molecule has 1 aromatic carbocycles. The van der Waals surface area contributed by atoms with Crippen molar-refractivity contribution in [2.45, 2.75) is 32.2 Å². The van der Waals surface area contributed by atoms with Gasteiger partial charge in [0.2, 0.25) is 15.9 Å². The number of aryl methyl sites for hydroxylation is 1. The highest BCUT2D eigenvalue weighted by molar-refractivity contribution is 7.89. The molecule has 0 aliphatic carbocycles. The Balaban J connectivity index is 1.61. The molecular weight excluding hydrogens is 400 g/mol. The van der Waals surface area contributed by atoms with Gasteiger partial charge in [-0.3, -0.25) is 4.79 Å². The van der Waals surface area contributed by atoms with Crippen LogP contribution >= 0.6 is 0 Å². The topological polar surface area (TPSA) is 83.8 Å². The second kappa shape index (κ2) is 9.23. The Kier molecular flexibility index (Phi) is 6.69. The van der Waals surface area contributed by atoms with Gasteiger partial charge in [0, 0.05) is 31.6 Å². The van der Waals surface area contributed by atoms with Crippen LogP contribution in [0.15, 0.2) is 59.8 Å². The van der Waals surface area contributed by atoms with Crippen LogP contribution in [0, 0.1) is 6.92 Å². The van der Waals surface area contributed by atoms with Crippen molar-refractivity contribution in [3.63, 3.8) is 0 Å². The maximum Gasteiger partial charge on any atom is 0.244 e. The molecule has 30 heavy (non-hydrogen) atoms. The number of carbonyl (C=O) groups excluding carboxylic acids is 1. The Hall–Kier alpha value is -2.97. The maximum absolute atomic E-state index is 12.5. The summed E-state index contributed by atoms with van der Waals surface area (Å²) in [4.78, 5) is 16.9. The molecule has 8 heteroatoms. The number of imidazole rings is 1. The molecule has 0 radical (unpaired) electrons. The van der Waals surface area contributed by atoms with Crippen molar-refractivity contribution in [2.75, 3.05) is 13.1 Å². The zero-order valence-electron chi connectivity index (χ0n) is 17.4. The van der Waals surface area contributed by atoms with Gasteiger partial charge >= 0.3 is 0 Å². The summed E-state index contributed by atoms with van der Waals surface area (Å²) in [6.07, 6.45) is 6.89. The third kappa shape index (κ3) is 4.77. The average Bonchev–Trinajstić information content (AvgIpc) is 3.16. The van der Waals surface area contributed by atoms with Crippen LogP contribution in [0.3, 0.4) is 0 Å². The van der Waals surface area contributed by atoms with Crippen LogP contribution in [0.4, 0.5) is 0 Å². The van der Waals surface area contributed by atoms with E-state index in [1.165, 1.54) is 10.4 Å². The van der Waals surface area contributed by atoms with Gasteiger partial charge in [-0.15, -0.1) is 0 Å². The van der Waals surface area contributed by atoms with E-state index in [0.29, 0.717) is 19.6 Å². The summed E-state index contributed by atoms with van der Waals surface area (Å²) < 4.78 is 28.4. The van der Waals surface area contributed by atoms with Crippen LogP contribution in [-0.2, 0) is 21.4 Å². The molecule has 0 aliphatic heterocycles. The van der Waals surface area contributed by atoms with Gasteiger partial charge in [0.25, 0.3) is 0 Å². The normalized spacial score (nSPS) is 12.1. The number of sulfonamides is 1. The number of nitrogens with one attached hydrogen (secondary N) is 1. The standard InChI is InChI=1S/C22H26N4O3S/c1-4-26(5-2)30(28,29)20-11-8-18(9-12-20)10-13-21(27)23-15-19-16-25-14-6-7-17(3)22(25)24-19/h6-14,16H,4-5,15H2,1-3H3,(H,23,27). The molecule has 0 spiro atoms. The van der Waals surface area contributed by atoms with E-state index in [0.717, 1.165) is 22.5 Å². The molecule has 0 unspecified atom stereocenters.